The molecule has 2 rings (SSSR count). The first kappa shape index (κ1) is 21.3. The number of carboxylic acids is 1. The lowest BCUT2D eigenvalue weighted by Crippen LogP contribution is -2.57. The summed E-state index contributed by atoms with van der Waals surface area (Å²) in [7, 11) is -3.72. The summed E-state index contributed by atoms with van der Waals surface area (Å²) in [5.41, 5.74) is -0.691. The van der Waals surface area contributed by atoms with Crippen molar-refractivity contribution in [1.82, 2.24) is 9.62 Å². The molecule has 0 unspecified atom stereocenters. The number of ether oxygens (including phenoxy) is 1. The maximum absolute atomic E-state index is 12.8. The second kappa shape index (κ2) is 8.37. The van der Waals surface area contributed by atoms with Crippen LogP contribution in [-0.4, -0.2) is 61.5 Å². The zero-order valence-electron chi connectivity index (χ0n) is 15.8. The highest BCUT2D eigenvalue weighted by Gasteiger charge is 2.42. The van der Waals surface area contributed by atoms with Crippen LogP contribution in [0.3, 0.4) is 0 Å². The van der Waals surface area contributed by atoms with E-state index in [1.165, 1.54) is 16.4 Å². The summed E-state index contributed by atoms with van der Waals surface area (Å²) in [5, 5.41) is 12.2. The molecule has 1 aromatic carbocycles. The van der Waals surface area contributed by atoms with Crippen LogP contribution in [0.1, 0.15) is 42.6 Å². The first-order chi connectivity index (χ1) is 12.7. The lowest BCUT2D eigenvalue weighted by atomic mass is 9.89. The molecule has 1 aliphatic rings. The fourth-order valence-corrected chi connectivity index (χ4v) is 4.60. The Balaban J connectivity index is 2.38. The van der Waals surface area contributed by atoms with Crippen molar-refractivity contribution in [3.63, 3.8) is 0 Å². The molecule has 1 fully saturated rings. The minimum Gasteiger partial charge on any atom is -0.480 e. The third kappa shape index (κ3) is 4.31. The number of sulfonamides is 1. The molecule has 27 heavy (non-hydrogen) atoms. The molecule has 8 nitrogen and oxygen atoms in total. The molecule has 1 amide bonds. The molecule has 0 aliphatic carbocycles. The van der Waals surface area contributed by atoms with Crippen LogP contribution < -0.4 is 5.32 Å². The minimum absolute atomic E-state index is 0.0123. The number of rotatable bonds is 7. The lowest BCUT2D eigenvalue weighted by Gasteiger charge is -2.34. The summed E-state index contributed by atoms with van der Waals surface area (Å²) in [6.07, 6.45) is 0.315. The normalized spacial score (nSPS) is 16.9. The van der Waals surface area contributed by atoms with Gasteiger partial charge in [0.25, 0.3) is 5.91 Å². The van der Waals surface area contributed by atoms with Crippen LogP contribution in [-0.2, 0) is 19.6 Å². The van der Waals surface area contributed by atoms with Crippen LogP contribution >= 0.6 is 0 Å². The summed E-state index contributed by atoms with van der Waals surface area (Å²) in [5.74, 6) is -1.72. The average molecular weight is 398 g/mol. The van der Waals surface area contributed by atoms with Gasteiger partial charge in [-0.1, -0.05) is 19.9 Å². The molecular weight excluding hydrogens is 372 g/mol. The van der Waals surface area contributed by atoms with Crippen molar-refractivity contribution in [2.45, 2.75) is 44.0 Å². The van der Waals surface area contributed by atoms with E-state index in [1.807, 2.05) is 0 Å². The fourth-order valence-electron chi connectivity index (χ4n) is 3.12. The van der Waals surface area contributed by atoms with Crippen LogP contribution in [0.15, 0.2) is 23.1 Å². The van der Waals surface area contributed by atoms with Gasteiger partial charge in [0.1, 0.15) is 5.54 Å². The molecule has 1 aliphatic heterocycles. The van der Waals surface area contributed by atoms with E-state index in [0.717, 1.165) is 0 Å². The van der Waals surface area contributed by atoms with Gasteiger partial charge < -0.3 is 15.2 Å². The summed E-state index contributed by atoms with van der Waals surface area (Å²) < 4.78 is 32.0. The van der Waals surface area contributed by atoms with Gasteiger partial charge in [-0.05, 0) is 24.6 Å². The summed E-state index contributed by atoms with van der Waals surface area (Å²) in [4.78, 5) is 24.6. The van der Waals surface area contributed by atoms with Gasteiger partial charge in [-0.3, -0.25) is 4.79 Å². The Kier molecular flexibility index (Phi) is 6.61. The number of carbonyl (C=O) groups is 2. The van der Waals surface area contributed by atoms with E-state index in [4.69, 9.17) is 4.74 Å². The zero-order valence-corrected chi connectivity index (χ0v) is 16.6. The zero-order chi connectivity index (χ0) is 20.2. The SMILES string of the molecule is CCN(CC)S(=O)(=O)c1ccc(C)c(C(=O)NC2(C(=O)O)CCOCC2)c1. The fraction of sp³-hybridized carbons (Fsp3) is 0.556. The largest absolute Gasteiger partial charge is 0.480 e. The van der Waals surface area contributed by atoms with Gasteiger partial charge in [-0.25, -0.2) is 13.2 Å². The number of aliphatic carboxylic acids is 1. The van der Waals surface area contributed by atoms with Crippen LogP contribution in [0.2, 0.25) is 0 Å². The first-order valence-corrected chi connectivity index (χ1v) is 10.4. The van der Waals surface area contributed by atoms with Gasteiger partial charge in [-0.2, -0.15) is 4.31 Å². The third-order valence-electron chi connectivity index (χ3n) is 4.91. The Labute approximate surface area is 159 Å². The summed E-state index contributed by atoms with van der Waals surface area (Å²) in [6, 6.07) is 4.33. The van der Waals surface area contributed by atoms with E-state index >= 15 is 0 Å². The van der Waals surface area contributed by atoms with Gasteiger partial charge in [0.15, 0.2) is 0 Å². The van der Waals surface area contributed by atoms with Crippen molar-refractivity contribution in [3.05, 3.63) is 29.3 Å². The lowest BCUT2D eigenvalue weighted by molar-refractivity contribution is -0.148. The topological polar surface area (TPSA) is 113 Å². The van der Waals surface area contributed by atoms with Gasteiger partial charge >= 0.3 is 5.97 Å². The van der Waals surface area contributed by atoms with Crippen molar-refractivity contribution >= 4 is 21.9 Å². The van der Waals surface area contributed by atoms with Crippen molar-refractivity contribution < 1.29 is 27.9 Å². The Morgan fingerprint density at radius 1 is 1.22 bits per heavy atom. The van der Waals surface area contributed by atoms with Crippen molar-refractivity contribution in [3.8, 4) is 0 Å². The Bertz CT molecular complexity index is 811. The molecular formula is C18H26N2O6S. The highest BCUT2D eigenvalue weighted by molar-refractivity contribution is 7.89. The maximum Gasteiger partial charge on any atom is 0.329 e. The van der Waals surface area contributed by atoms with Crippen molar-refractivity contribution in [2.75, 3.05) is 26.3 Å². The third-order valence-corrected chi connectivity index (χ3v) is 6.95. The number of carbonyl (C=O) groups excluding carboxylic acids is 1. The number of carboxylic acid groups (broad SMARTS) is 1. The number of hydrogen-bond donors (Lipinski definition) is 2. The monoisotopic (exact) mass is 398 g/mol. The standard InChI is InChI=1S/C18H26N2O6S/c1-4-20(5-2)27(24,25)14-7-6-13(3)15(12-14)16(21)19-18(17(22)23)8-10-26-11-9-18/h6-7,12H,4-5,8-11H2,1-3H3,(H,19,21)(H,22,23). The van der Waals surface area contributed by atoms with E-state index in [9.17, 15) is 23.1 Å². The molecule has 9 heteroatoms. The molecule has 0 radical (unpaired) electrons. The molecule has 150 valence electrons. The molecule has 0 atom stereocenters. The first-order valence-electron chi connectivity index (χ1n) is 8.92. The molecule has 0 saturated carbocycles. The van der Waals surface area contributed by atoms with E-state index in [2.05, 4.69) is 5.32 Å². The van der Waals surface area contributed by atoms with Crippen LogP contribution in [0.5, 0.6) is 0 Å². The van der Waals surface area contributed by atoms with Gasteiger partial charge in [-0.15, -0.1) is 0 Å². The highest BCUT2D eigenvalue weighted by Crippen LogP contribution is 2.24. The molecule has 0 bridgehead atoms. The van der Waals surface area contributed by atoms with Gasteiger partial charge in [0.05, 0.1) is 4.90 Å². The van der Waals surface area contributed by atoms with E-state index in [0.29, 0.717) is 18.7 Å². The smallest absolute Gasteiger partial charge is 0.329 e. The van der Waals surface area contributed by atoms with E-state index in [1.54, 1.807) is 26.8 Å². The number of benzene rings is 1. The summed E-state index contributed by atoms with van der Waals surface area (Å²) in [6.45, 7) is 6.27. The number of amides is 1. The molecule has 1 aromatic rings. The predicted octanol–water partition coefficient (Wildman–Crippen LogP) is 1.39. The number of hydrogen-bond acceptors (Lipinski definition) is 5. The second-order valence-corrected chi connectivity index (χ2v) is 8.46. The molecule has 0 aromatic heterocycles. The second-order valence-electron chi connectivity index (χ2n) is 6.52. The Hall–Kier alpha value is -1.97. The van der Waals surface area contributed by atoms with Gasteiger partial charge in [0.2, 0.25) is 10.0 Å². The molecule has 2 N–H and O–H groups in total. The Morgan fingerprint density at radius 2 is 1.81 bits per heavy atom. The number of nitrogens with zero attached hydrogens (tertiary/aromatic N) is 1. The average Bonchev–Trinajstić information content (AvgIpc) is 2.63. The quantitative estimate of drug-likeness (QED) is 0.718. The number of nitrogens with one attached hydrogen (secondary N) is 1. The maximum atomic E-state index is 12.8. The number of aryl methyl sites for hydroxylation is 1. The van der Waals surface area contributed by atoms with E-state index in [-0.39, 0.29) is 36.5 Å². The molecule has 1 saturated heterocycles. The molecule has 1 heterocycles. The summed E-state index contributed by atoms with van der Waals surface area (Å²) >= 11 is 0. The van der Waals surface area contributed by atoms with Crippen LogP contribution in [0.25, 0.3) is 0 Å². The predicted molar refractivity (Wildman–Crippen MR) is 99.2 cm³/mol. The van der Waals surface area contributed by atoms with Gasteiger partial charge in [0, 0.05) is 44.7 Å². The van der Waals surface area contributed by atoms with Crippen LogP contribution in [0, 0.1) is 6.92 Å². The van der Waals surface area contributed by atoms with Crippen molar-refractivity contribution in [1.29, 1.82) is 0 Å². The van der Waals surface area contributed by atoms with Crippen LogP contribution in [0.4, 0.5) is 0 Å². The van der Waals surface area contributed by atoms with Crippen molar-refractivity contribution in [2.24, 2.45) is 0 Å². The minimum atomic E-state index is -3.72. The van der Waals surface area contributed by atoms with E-state index < -0.39 is 27.4 Å². The molecule has 0 spiro atoms. The highest BCUT2D eigenvalue weighted by atomic mass is 32.2. The Morgan fingerprint density at radius 3 is 2.33 bits per heavy atom.